The highest BCUT2D eigenvalue weighted by atomic mass is 16.5. The van der Waals surface area contributed by atoms with E-state index in [1.807, 2.05) is 18.2 Å². The lowest BCUT2D eigenvalue weighted by atomic mass is 10.0. The van der Waals surface area contributed by atoms with E-state index in [4.69, 9.17) is 4.74 Å². The fourth-order valence-corrected chi connectivity index (χ4v) is 3.67. The van der Waals surface area contributed by atoms with Crippen LogP contribution in [0.25, 0.3) is 22.3 Å². The Kier molecular flexibility index (Phi) is 4.21. The van der Waals surface area contributed by atoms with Crippen LogP contribution in [0.1, 0.15) is 18.6 Å². The molecule has 0 spiro atoms. The second kappa shape index (κ2) is 6.68. The summed E-state index contributed by atoms with van der Waals surface area (Å²) in [6.07, 6.45) is 3.16. The molecule has 0 fully saturated rings. The van der Waals surface area contributed by atoms with Crippen molar-refractivity contribution in [1.29, 1.82) is 0 Å². The second-order valence-corrected chi connectivity index (χ2v) is 6.49. The van der Waals surface area contributed by atoms with Crippen LogP contribution in [0.4, 0.5) is 0 Å². The van der Waals surface area contributed by atoms with Gasteiger partial charge < -0.3 is 9.72 Å². The fraction of sp³-hybridized carbons (Fsp3) is 0.174. The lowest BCUT2D eigenvalue weighted by molar-refractivity contribution is -0.688. The number of nitrogens with one attached hydrogen (secondary N) is 1. The van der Waals surface area contributed by atoms with Crippen LogP contribution in [-0.4, -0.2) is 4.98 Å². The summed E-state index contributed by atoms with van der Waals surface area (Å²) < 4.78 is 8.26. The molecule has 1 aliphatic rings. The number of nitrogens with zero attached hydrogens (tertiary/aromatic N) is 1. The molecule has 4 aromatic rings. The maximum absolute atomic E-state index is 5.97. The van der Waals surface area contributed by atoms with E-state index in [0.29, 0.717) is 6.61 Å². The molecule has 2 aromatic heterocycles. The summed E-state index contributed by atoms with van der Waals surface area (Å²) in [6, 6.07) is 23.0. The third-order valence-corrected chi connectivity index (χ3v) is 4.92. The molecule has 1 aliphatic heterocycles. The highest BCUT2D eigenvalue weighted by Gasteiger charge is 2.26. The van der Waals surface area contributed by atoms with Crippen LogP contribution in [-0.2, 0) is 19.6 Å². The zero-order chi connectivity index (χ0) is 16.6. The number of aryl methyl sites for hydroxylation is 2. The fourth-order valence-electron chi connectivity index (χ4n) is 3.67. The van der Waals surface area contributed by atoms with E-state index in [2.05, 4.69) is 64.3 Å². The van der Waals surface area contributed by atoms with E-state index in [1.54, 1.807) is 0 Å². The van der Waals surface area contributed by atoms with Crippen molar-refractivity contribution in [2.45, 2.75) is 27.0 Å². The summed E-state index contributed by atoms with van der Waals surface area (Å²) in [5.74, 6) is 0.909. The minimum Gasteiger partial charge on any atom is -0.483 e. The Morgan fingerprint density at radius 3 is 2.62 bits per heavy atom. The Bertz CT molecular complexity index is 1050. The first kappa shape index (κ1) is 16.4. The number of benzene rings is 2. The van der Waals surface area contributed by atoms with Gasteiger partial charge in [-0.1, -0.05) is 56.0 Å². The van der Waals surface area contributed by atoms with Gasteiger partial charge in [-0.05, 0) is 23.3 Å². The number of fused-ring (bicyclic) bond motifs is 5. The normalized spacial score (nSPS) is 12.2. The molecule has 2 aromatic carbocycles. The Hall–Kier alpha value is -3.07. The van der Waals surface area contributed by atoms with Gasteiger partial charge in [0.15, 0.2) is 12.3 Å². The van der Waals surface area contributed by atoms with Crippen molar-refractivity contribution >= 4 is 10.9 Å². The predicted octanol–water partition coefficient (Wildman–Crippen LogP) is 4.89. The molecule has 0 atom stereocenters. The van der Waals surface area contributed by atoms with Crippen molar-refractivity contribution in [3.63, 3.8) is 0 Å². The number of rotatable bonds is 3. The number of para-hydroxylation sites is 1. The molecule has 26 heavy (non-hydrogen) atoms. The molecule has 3 heterocycles. The smallest absolute Gasteiger partial charge is 0.229 e. The number of pyridine rings is 1. The van der Waals surface area contributed by atoms with E-state index in [9.17, 15) is 0 Å². The lowest BCUT2D eigenvalue weighted by Crippen LogP contribution is -2.40. The summed E-state index contributed by atoms with van der Waals surface area (Å²) in [6.45, 7) is 1.57. The molecule has 130 valence electrons. The second-order valence-electron chi connectivity index (χ2n) is 6.49. The average Bonchev–Trinajstić information content (AvgIpc) is 3.06. The van der Waals surface area contributed by atoms with E-state index in [-0.39, 0.29) is 7.43 Å². The largest absolute Gasteiger partial charge is 0.483 e. The Morgan fingerprint density at radius 2 is 1.73 bits per heavy atom. The molecular formula is C23H23N2O+. The van der Waals surface area contributed by atoms with Crippen LogP contribution in [0.2, 0.25) is 0 Å². The van der Waals surface area contributed by atoms with E-state index >= 15 is 0 Å². The summed E-state index contributed by atoms with van der Waals surface area (Å²) >= 11 is 0. The molecule has 5 rings (SSSR count). The monoisotopic (exact) mass is 343 g/mol. The standard InChI is InChI=1S/C22H18N2O.CH4/c1-2-6-16(7-3-1)15-25-17-10-11-21-22-19(12-13-24(21)14-17)18-8-4-5-9-20(18)23-22;/h1-11,14H,12-13,15H2;1H4/p+1. The zero-order valence-electron chi connectivity index (χ0n) is 13.9. The van der Waals surface area contributed by atoms with Gasteiger partial charge in [0.1, 0.15) is 12.3 Å². The summed E-state index contributed by atoms with van der Waals surface area (Å²) in [4.78, 5) is 3.59. The summed E-state index contributed by atoms with van der Waals surface area (Å²) in [7, 11) is 0. The maximum atomic E-state index is 5.97. The van der Waals surface area contributed by atoms with Crippen molar-refractivity contribution in [2.75, 3.05) is 0 Å². The quantitative estimate of drug-likeness (QED) is 0.527. The highest BCUT2D eigenvalue weighted by molar-refractivity contribution is 5.90. The number of aromatic amines is 1. The van der Waals surface area contributed by atoms with Crippen molar-refractivity contribution in [3.05, 3.63) is 84.1 Å². The van der Waals surface area contributed by atoms with E-state index in [0.717, 1.165) is 18.7 Å². The number of ether oxygens (including phenoxy) is 1. The highest BCUT2D eigenvalue weighted by Crippen LogP contribution is 2.32. The SMILES string of the molecule is C.c1ccc(COc2ccc3[n+](c2)CCc2c-3[nH]c3ccccc23)cc1. The van der Waals surface area contributed by atoms with Crippen LogP contribution in [0.15, 0.2) is 72.9 Å². The maximum Gasteiger partial charge on any atom is 0.229 e. The Balaban J connectivity index is 0.00000168. The lowest BCUT2D eigenvalue weighted by Gasteiger charge is -2.12. The number of hydrogen-bond donors (Lipinski definition) is 1. The third-order valence-electron chi connectivity index (χ3n) is 4.92. The van der Waals surface area contributed by atoms with Gasteiger partial charge in [-0.2, -0.15) is 4.57 Å². The van der Waals surface area contributed by atoms with Gasteiger partial charge in [-0.15, -0.1) is 0 Å². The third kappa shape index (κ3) is 2.76. The van der Waals surface area contributed by atoms with Gasteiger partial charge in [-0.25, -0.2) is 0 Å². The van der Waals surface area contributed by atoms with E-state index < -0.39 is 0 Å². The van der Waals surface area contributed by atoms with Gasteiger partial charge >= 0.3 is 0 Å². The number of H-pyrrole nitrogens is 1. The van der Waals surface area contributed by atoms with Crippen molar-refractivity contribution in [3.8, 4) is 17.1 Å². The molecule has 3 nitrogen and oxygen atoms in total. The van der Waals surface area contributed by atoms with Gasteiger partial charge in [0.25, 0.3) is 0 Å². The van der Waals surface area contributed by atoms with Crippen LogP contribution < -0.4 is 9.30 Å². The van der Waals surface area contributed by atoms with Gasteiger partial charge in [0.2, 0.25) is 11.9 Å². The number of hydrogen-bond acceptors (Lipinski definition) is 1. The average molecular weight is 343 g/mol. The molecule has 0 radical (unpaired) electrons. The summed E-state index contributed by atoms with van der Waals surface area (Å²) in [5.41, 5.74) is 6.29. The molecule has 0 amide bonds. The zero-order valence-corrected chi connectivity index (χ0v) is 13.9. The van der Waals surface area contributed by atoms with Crippen LogP contribution in [0.3, 0.4) is 0 Å². The first-order chi connectivity index (χ1) is 12.4. The molecule has 0 unspecified atom stereocenters. The molecule has 3 heteroatoms. The molecular weight excluding hydrogens is 320 g/mol. The Labute approximate surface area is 153 Å². The molecule has 0 saturated carbocycles. The molecule has 0 bridgehead atoms. The van der Waals surface area contributed by atoms with Crippen LogP contribution in [0.5, 0.6) is 5.75 Å². The molecule has 0 aliphatic carbocycles. The topological polar surface area (TPSA) is 28.9 Å². The van der Waals surface area contributed by atoms with Crippen molar-refractivity contribution in [1.82, 2.24) is 4.98 Å². The van der Waals surface area contributed by atoms with E-state index in [1.165, 1.54) is 33.4 Å². The van der Waals surface area contributed by atoms with Crippen molar-refractivity contribution in [2.24, 2.45) is 0 Å². The van der Waals surface area contributed by atoms with Crippen LogP contribution in [0, 0.1) is 0 Å². The molecule has 0 saturated heterocycles. The van der Waals surface area contributed by atoms with Gasteiger partial charge in [0.05, 0.1) is 0 Å². The predicted molar refractivity (Wildman–Crippen MR) is 105 cm³/mol. The first-order valence-corrected chi connectivity index (χ1v) is 8.69. The summed E-state index contributed by atoms with van der Waals surface area (Å²) in [5, 5.41) is 1.34. The van der Waals surface area contributed by atoms with Gasteiger partial charge in [0, 0.05) is 23.4 Å². The van der Waals surface area contributed by atoms with Crippen molar-refractivity contribution < 1.29 is 9.30 Å². The number of aromatic nitrogens is 2. The minimum absolute atomic E-state index is 0. The Morgan fingerprint density at radius 1 is 0.923 bits per heavy atom. The molecule has 1 N–H and O–H groups in total. The van der Waals surface area contributed by atoms with Crippen LogP contribution >= 0.6 is 0 Å². The minimum atomic E-state index is 0. The van der Waals surface area contributed by atoms with Gasteiger partial charge in [-0.3, -0.25) is 0 Å². The first-order valence-electron chi connectivity index (χ1n) is 8.69.